The zero-order chi connectivity index (χ0) is 17.9. The molecule has 134 valence electrons. The molecule has 0 radical (unpaired) electrons. The summed E-state index contributed by atoms with van der Waals surface area (Å²) in [4.78, 5) is 6.82. The van der Waals surface area contributed by atoms with Crippen molar-refractivity contribution in [2.24, 2.45) is 0 Å². The van der Waals surface area contributed by atoms with Crippen molar-refractivity contribution in [1.29, 1.82) is 0 Å². The maximum Gasteiger partial charge on any atom is 0.241 e. The first-order valence-electron chi connectivity index (χ1n) is 8.69. The summed E-state index contributed by atoms with van der Waals surface area (Å²) in [6, 6.07) is 14.6. The summed E-state index contributed by atoms with van der Waals surface area (Å²) in [5.41, 5.74) is 2.01. The van der Waals surface area contributed by atoms with Gasteiger partial charge in [0.05, 0.1) is 13.7 Å². The standard InChI is InChI=1S/C20H20FN3O2/c1-25-17-10-6-14(7-11-17)18-3-2-12-24(18)13-19-22-20(23-26-19)15-4-8-16(21)9-5-15/h4-11,18H,2-3,12-13H2,1H3/t18-/m1/s1. The van der Waals surface area contributed by atoms with E-state index in [9.17, 15) is 4.39 Å². The number of hydrogen-bond acceptors (Lipinski definition) is 5. The second kappa shape index (κ2) is 7.25. The van der Waals surface area contributed by atoms with Crippen LogP contribution in [-0.2, 0) is 6.54 Å². The highest BCUT2D eigenvalue weighted by Gasteiger charge is 2.27. The highest BCUT2D eigenvalue weighted by atomic mass is 19.1. The van der Waals surface area contributed by atoms with Gasteiger partial charge in [-0.15, -0.1) is 0 Å². The van der Waals surface area contributed by atoms with Crippen molar-refractivity contribution in [2.75, 3.05) is 13.7 Å². The summed E-state index contributed by atoms with van der Waals surface area (Å²) in [6.07, 6.45) is 2.24. The minimum absolute atomic E-state index is 0.281. The summed E-state index contributed by atoms with van der Waals surface area (Å²) in [6.45, 7) is 1.59. The third-order valence-electron chi connectivity index (χ3n) is 4.77. The summed E-state index contributed by atoms with van der Waals surface area (Å²) in [5, 5.41) is 4.03. The van der Waals surface area contributed by atoms with Gasteiger partial charge in [-0.1, -0.05) is 17.3 Å². The fourth-order valence-electron chi connectivity index (χ4n) is 3.43. The molecule has 6 heteroatoms. The first-order valence-corrected chi connectivity index (χ1v) is 8.69. The van der Waals surface area contributed by atoms with Gasteiger partial charge in [-0.3, -0.25) is 4.90 Å². The summed E-state index contributed by atoms with van der Waals surface area (Å²) >= 11 is 0. The zero-order valence-electron chi connectivity index (χ0n) is 14.6. The van der Waals surface area contributed by atoms with Gasteiger partial charge in [0.1, 0.15) is 11.6 Å². The fourth-order valence-corrected chi connectivity index (χ4v) is 3.43. The lowest BCUT2D eigenvalue weighted by Gasteiger charge is -2.23. The molecular formula is C20H20FN3O2. The van der Waals surface area contributed by atoms with E-state index in [0.717, 1.165) is 30.7 Å². The molecule has 0 unspecified atom stereocenters. The Morgan fingerprint density at radius 1 is 1.15 bits per heavy atom. The second-order valence-electron chi connectivity index (χ2n) is 6.42. The van der Waals surface area contributed by atoms with E-state index in [1.165, 1.54) is 17.7 Å². The van der Waals surface area contributed by atoms with Gasteiger partial charge in [-0.2, -0.15) is 4.98 Å². The van der Waals surface area contributed by atoms with Gasteiger partial charge >= 0.3 is 0 Å². The van der Waals surface area contributed by atoms with Crippen LogP contribution in [0.25, 0.3) is 11.4 Å². The molecule has 1 aliphatic heterocycles. The molecule has 1 aromatic heterocycles. The molecule has 26 heavy (non-hydrogen) atoms. The lowest BCUT2D eigenvalue weighted by atomic mass is 10.0. The van der Waals surface area contributed by atoms with Crippen LogP contribution in [-0.4, -0.2) is 28.7 Å². The molecule has 5 nitrogen and oxygen atoms in total. The van der Waals surface area contributed by atoms with Crippen molar-refractivity contribution >= 4 is 0 Å². The molecule has 1 saturated heterocycles. The molecule has 0 spiro atoms. The van der Waals surface area contributed by atoms with Crippen LogP contribution in [0, 0.1) is 5.82 Å². The first-order chi connectivity index (χ1) is 12.7. The summed E-state index contributed by atoms with van der Waals surface area (Å²) in [5.74, 6) is 1.64. The first kappa shape index (κ1) is 16.7. The van der Waals surface area contributed by atoms with E-state index >= 15 is 0 Å². The number of hydrogen-bond donors (Lipinski definition) is 0. The third kappa shape index (κ3) is 3.46. The maximum absolute atomic E-state index is 13.1. The molecule has 4 rings (SSSR count). The highest BCUT2D eigenvalue weighted by Crippen LogP contribution is 2.33. The number of likely N-dealkylation sites (tertiary alicyclic amines) is 1. The van der Waals surface area contributed by atoms with Gasteiger partial charge < -0.3 is 9.26 Å². The van der Waals surface area contributed by atoms with E-state index in [0.29, 0.717) is 24.3 Å². The molecule has 1 aliphatic rings. The van der Waals surface area contributed by atoms with E-state index in [2.05, 4.69) is 27.2 Å². The Kier molecular flexibility index (Phi) is 4.67. The average Bonchev–Trinajstić information content (AvgIpc) is 3.33. The van der Waals surface area contributed by atoms with Gasteiger partial charge in [0.2, 0.25) is 11.7 Å². The van der Waals surface area contributed by atoms with Crippen molar-refractivity contribution in [3.8, 4) is 17.1 Å². The Bertz CT molecular complexity index is 862. The number of ether oxygens (including phenoxy) is 1. The van der Waals surface area contributed by atoms with Gasteiger partial charge in [0.25, 0.3) is 0 Å². The molecule has 0 saturated carbocycles. The van der Waals surface area contributed by atoms with Crippen LogP contribution >= 0.6 is 0 Å². The highest BCUT2D eigenvalue weighted by molar-refractivity contribution is 5.53. The number of benzene rings is 2. The largest absolute Gasteiger partial charge is 0.497 e. The average molecular weight is 353 g/mol. The van der Waals surface area contributed by atoms with Crippen LogP contribution in [0.1, 0.15) is 30.3 Å². The van der Waals surface area contributed by atoms with E-state index in [-0.39, 0.29) is 5.82 Å². The molecule has 0 amide bonds. The Morgan fingerprint density at radius 2 is 1.92 bits per heavy atom. The maximum atomic E-state index is 13.1. The topological polar surface area (TPSA) is 51.4 Å². The Labute approximate surface area is 151 Å². The number of rotatable bonds is 5. The SMILES string of the molecule is COc1ccc([C@H]2CCCN2Cc2nc(-c3ccc(F)cc3)no2)cc1. The van der Waals surface area contributed by atoms with E-state index < -0.39 is 0 Å². The normalized spacial score (nSPS) is 17.5. The quantitative estimate of drug-likeness (QED) is 0.687. The van der Waals surface area contributed by atoms with Crippen LogP contribution in [0.15, 0.2) is 53.1 Å². The van der Waals surface area contributed by atoms with Crippen molar-refractivity contribution in [2.45, 2.75) is 25.4 Å². The molecule has 3 aromatic rings. The number of methoxy groups -OCH3 is 1. The van der Waals surface area contributed by atoms with Crippen molar-refractivity contribution in [1.82, 2.24) is 15.0 Å². The van der Waals surface area contributed by atoms with Crippen LogP contribution in [0.2, 0.25) is 0 Å². The minimum Gasteiger partial charge on any atom is -0.497 e. The Morgan fingerprint density at radius 3 is 2.65 bits per heavy atom. The van der Waals surface area contributed by atoms with Crippen molar-refractivity contribution < 1.29 is 13.7 Å². The lowest BCUT2D eigenvalue weighted by molar-refractivity contribution is 0.212. The van der Waals surface area contributed by atoms with Gasteiger partial charge in [-0.25, -0.2) is 4.39 Å². The van der Waals surface area contributed by atoms with Crippen LogP contribution in [0.5, 0.6) is 5.75 Å². The van der Waals surface area contributed by atoms with Gasteiger partial charge in [-0.05, 0) is 61.3 Å². The van der Waals surface area contributed by atoms with E-state index in [4.69, 9.17) is 9.26 Å². The minimum atomic E-state index is -0.281. The lowest BCUT2D eigenvalue weighted by Crippen LogP contribution is -2.22. The Hall–Kier alpha value is -2.73. The fraction of sp³-hybridized carbons (Fsp3) is 0.300. The number of nitrogens with zero attached hydrogens (tertiary/aromatic N) is 3. The molecular weight excluding hydrogens is 333 g/mol. The molecule has 1 fully saturated rings. The van der Waals surface area contributed by atoms with Gasteiger partial charge in [0.15, 0.2) is 0 Å². The predicted molar refractivity (Wildman–Crippen MR) is 95.1 cm³/mol. The molecule has 2 heterocycles. The molecule has 0 aliphatic carbocycles. The molecule has 1 atom stereocenters. The monoisotopic (exact) mass is 353 g/mol. The van der Waals surface area contributed by atoms with Crippen LogP contribution in [0.3, 0.4) is 0 Å². The smallest absolute Gasteiger partial charge is 0.241 e. The van der Waals surface area contributed by atoms with E-state index in [1.807, 2.05) is 12.1 Å². The number of halogens is 1. The third-order valence-corrected chi connectivity index (χ3v) is 4.77. The number of aromatic nitrogens is 2. The van der Waals surface area contributed by atoms with Crippen LogP contribution in [0.4, 0.5) is 4.39 Å². The van der Waals surface area contributed by atoms with Crippen LogP contribution < -0.4 is 4.74 Å². The molecule has 2 aromatic carbocycles. The second-order valence-corrected chi connectivity index (χ2v) is 6.42. The zero-order valence-corrected chi connectivity index (χ0v) is 14.6. The van der Waals surface area contributed by atoms with Crippen molar-refractivity contribution in [3.05, 3.63) is 65.8 Å². The predicted octanol–water partition coefficient (Wildman–Crippen LogP) is 4.22. The molecule has 0 N–H and O–H groups in total. The molecule has 0 bridgehead atoms. The Balaban J connectivity index is 1.48. The van der Waals surface area contributed by atoms with E-state index in [1.54, 1.807) is 19.2 Å². The van der Waals surface area contributed by atoms with Crippen molar-refractivity contribution in [3.63, 3.8) is 0 Å². The van der Waals surface area contributed by atoms with Gasteiger partial charge in [0, 0.05) is 11.6 Å². The summed E-state index contributed by atoms with van der Waals surface area (Å²) < 4.78 is 23.7. The summed E-state index contributed by atoms with van der Waals surface area (Å²) in [7, 11) is 1.67.